The molecule has 1 saturated heterocycles. The third-order valence-corrected chi connectivity index (χ3v) is 3.40. The number of aromatic nitrogens is 2. The average Bonchev–Trinajstić information content (AvgIpc) is 2.78. The molecule has 16 heavy (non-hydrogen) atoms. The third-order valence-electron chi connectivity index (χ3n) is 3.40. The van der Waals surface area contributed by atoms with E-state index < -0.39 is 6.10 Å². The summed E-state index contributed by atoms with van der Waals surface area (Å²) >= 11 is 0. The van der Waals surface area contributed by atoms with E-state index >= 15 is 0 Å². The van der Waals surface area contributed by atoms with Crippen LogP contribution in [0, 0.1) is 5.92 Å². The second kappa shape index (κ2) is 5.46. The molecule has 2 rings (SSSR count). The molecule has 0 aromatic carbocycles. The zero-order valence-electron chi connectivity index (χ0n) is 9.89. The van der Waals surface area contributed by atoms with Crippen molar-refractivity contribution in [1.29, 1.82) is 0 Å². The number of aryl methyl sites for hydroxylation is 1. The van der Waals surface area contributed by atoms with Crippen LogP contribution >= 0.6 is 0 Å². The zero-order valence-corrected chi connectivity index (χ0v) is 9.89. The van der Waals surface area contributed by atoms with Crippen molar-refractivity contribution >= 4 is 0 Å². The van der Waals surface area contributed by atoms with Crippen molar-refractivity contribution in [2.45, 2.75) is 38.8 Å². The van der Waals surface area contributed by atoms with Crippen LogP contribution in [0.1, 0.15) is 38.1 Å². The molecule has 90 valence electrons. The van der Waals surface area contributed by atoms with Gasteiger partial charge in [0.05, 0.1) is 0 Å². The van der Waals surface area contributed by atoms with Crippen molar-refractivity contribution in [2.24, 2.45) is 5.92 Å². The fourth-order valence-corrected chi connectivity index (χ4v) is 2.42. The van der Waals surface area contributed by atoms with Gasteiger partial charge in [-0.05, 0) is 45.2 Å². The Hall–Kier alpha value is -0.870. The Morgan fingerprint density at radius 3 is 3.00 bits per heavy atom. The maximum atomic E-state index is 10.2. The van der Waals surface area contributed by atoms with Crippen molar-refractivity contribution in [1.82, 2.24) is 14.9 Å². The van der Waals surface area contributed by atoms with Crippen molar-refractivity contribution in [3.8, 4) is 0 Å². The van der Waals surface area contributed by atoms with E-state index in [0.29, 0.717) is 5.92 Å². The summed E-state index contributed by atoms with van der Waals surface area (Å²) in [5.41, 5.74) is 0. The fourth-order valence-electron chi connectivity index (χ4n) is 2.42. The largest absolute Gasteiger partial charge is 0.385 e. The van der Waals surface area contributed by atoms with Crippen LogP contribution in [0.25, 0.3) is 0 Å². The second-order valence-electron chi connectivity index (χ2n) is 4.52. The molecular weight excluding hydrogens is 202 g/mol. The minimum Gasteiger partial charge on any atom is -0.385 e. The van der Waals surface area contributed by atoms with Crippen molar-refractivity contribution in [3.05, 3.63) is 18.2 Å². The molecule has 1 aliphatic heterocycles. The van der Waals surface area contributed by atoms with E-state index in [9.17, 15) is 5.11 Å². The summed E-state index contributed by atoms with van der Waals surface area (Å²) < 4.78 is 2.02. The first-order chi connectivity index (χ1) is 7.81. The van der Waals surface area contributed by atoms with E-state index in [2.05, 4.69) is 17.2 Å². The molecule has 4 heteroatoms. The molecule has 1 atom stereocenters. The van der Waals surface area contributed by atoms with Crippen LogP contribution in [-0.4, -0.2) is 27.7 Å². The maximum Gasteiger partial charge on any atom is 0.137 e. The van der Waals surface area contributed by atoms with Gasteiger partial charge >= 0.3 is 0 Å². The third kappa shape index (κ3) is 2.62. The Morgan fingerprint density at radius 1 is 1.56 bits per heavy atom. The Morgan fingerprint density at radius 2 is 2.31 bits per heavy atom. The standard InChI is InChI=1S/C12H21N3O/c1-2-15-8-7-14-12(15)11(16)9-10-3-5-13-6-4-10/h7-8,10-11,13,16H,2-6,9H2,1H3. The fraction of sp³-hybridized carbons (Fsp3) is 0.750. The highest BCUT2D eigenvalue weighted by molar-refractivity contribution is 4.97. The van der Waals surface area contributed by atoms with E-state index in [1.54, 1.807) is 6.20 Å². The van der Waals surface area contributed by atoms with Gasteiger partial charge in [-0.15, -0.1) is 0 Å². The summed E-state index contributed by atoms with van der Waals surface area (Å²) in [6.07, 6.45) is 6.48. The first kappa shape index (κ1) is 11.6. The van der Waals surface area contributed by atoms with Gasteiger partial charge in [0.15, 0.2) is 0 Å². The zero-order chi connectivity index (χ0) is 11.4. The van der Waals surface area contributed by atoms with Gasteiger partial charge < -0.3 is 15.0 Å². The van der Waals surface area contributed by atoms with E-state index in [1.807, 2.05) is 10.8 Å². The van der Waals surface area contributed by atoms with Crippen LogP contribution in [0.2, 0.25) is 0 Å². The monoisotopic (exact) mass is 223 g/mol. The van der Waals surface area contributed by atoms with E-state index in [4.69, 9.17) is 0 Å². The molecule has 1 aromatic rings. The van der Waals surface area contributed by atoms with Gasteiger partial charge in [-0.2, -0.15) is 0 Å². The van der Waals surface area contributed by atoms with Gasteiger partial charge in [0.25, 0.3) is 0 Å². The van der Waals surface area contributed by atoms with E-state index in [-0.39, 0.29) is 0 Å². The number of nitrogens with zero attached hydrogens (tertiary/aromatic N) is 2. The highest BCUT2D eigenvalue weighted by atomic mass is 16.3. The Balaban J connectivity index is 1.93. The SMILES string of the molecule is CCn1ccnc1C(O)CC1CCNCC1. The smallest absolute Gasteiger partial charge is 0.137 e. The molecule has 1 aliphatic rings. The average molecular weight is 223 g/mol. The van der Waals surface area contributed by atoms with Gasteiger partial charge in [-0.25, -0.2) is 4.98 Å². The summed E-state index contributed by atoms with van der Waals surface area (Å²) in [6, 6.07) is 0. The quantitative estimate of drug-likeness (QED) is 0.809. The van der Waals surface area contributed by atoms with Crippen LogP contribution in [0.5, 0.6) is 0 Å². The molecule has 1 aromatic heterocycles. The number of hydrogen-bond donors (Lipinski definition) is 2. The lowest BCUT2D eigenvalue weighted by atomic mass is 9.92. The van der Waals surface area contributed by atoms with Crippen molar-refractivity contribution < 1.29 is 5.11 Å². The number of imidazole rings is 1. The van der Waals surface area contributed by atoms with Crippen LogP contribution in [0.15, 0.2) is 12.4 Å². The first-order valence-electron chi connectivity index (χ1n) is 6.21. The van der Waals surface area contributed by atoms with Gasteiger partial charge in [0.2, 0.25) is 0 Å². The number of hydrogen-bond acceptors (Lipinski definition) is 3. The predicted octanol–water partition coefficient (Wildman–Crippen LogP) is 1.33. The minimum atomic E-state index is -0.405. The second-order valence-corrected chi connectivity index (χ2v) is 4.52. The molecular formula is C12H21N3O. The van der Waals surface area contributed by atoms with Gasteiger partial charge in [0.1, 0.15) is 11.9 Å². The molecule has 0 spiro atoms. The predicted molar refractivity (Wildman–Crippen MR) is 63.1 cm³/mol. The Labute approximate surface area is 96.7 Å². The van der Waals surface area contributed by atoms with Crippen LogP contribution < -0.4 is 5.32 Å². The molecule has 0 saturated carbocycles. The lowest BCUT2D eigenvalue weighted by molar-refractivity contribution is 0.122. The molecule has 0 radical (unpaired) electrons. The minimum absolute atomic E-state index is 0.405. The number of nitrogens with one attached hydrogen (secondary N) is 1. The number of aliphatic hydroxyl groups excluding tert-OH is 1. The Bertz CT molecular complexity index is 318. The molecule has 0 aliphatic carbocycles. The van der Waals surface area contributed by atoms with Crippen LogP contribution in [-0.2, 0) is 6.54 Å². The van der Waals surface area contributed by atoms with Crippen molar-refractivity contribution in [2.75, 3.05) is 13.1 Å². The van der Waals surface area contributed by atoms with Crippen molar-refractivity contribution in [3.63, 3.8) is 0 Å². The van der Waals surface area contributed by atoms with Gasteiger partial charge in [0, 0.05) is 18.9 Å². The number of aliphatic hydroxyl groups is 1. The normalized spacial score (nSPS) is 19.9. The number of piperidine rings is 1. The lowest BCUT2D eigenvalue weighted by Gasteiger charge is -2.24. The number of rotatable bonds is 4. The maximum absolute atomic E-state index is 10.2. The summed E-state index contributed by atoms with van der Waals surface area (Å²) in [4.78, 5) is 4.25. The molecule has 2 N–H and O–H groups in total. The summed E-state index contributed by atoms with van der Waals surface area (Å²) in [5.74, 6) is 1.46. The molecule has 0 amide bonds. The molecule has 1 fully saturated rings. The van der Waals surface area contributed by atoms with Gasteiger partial charge in [-0.3, -0.25) is 0 Å². The lowest BCUT2D eigenvalue weighted by Crippen LogP contribution is -2.28. The molecule has 2 heterocycles. The first-order valence-corrected chi connectivity index (χ1v) is 6.21. The van der Waals surface area contributed by atoms with Gasteiger partial charge in [-0.1, -0.05) is 0 Å². The highest BCUT2D eigenvalue weighted by Gasteiger charge is 2.20. The Kier molecular flexibility index (Phi) is 3.96. The van der Waals surface area contributed by atoms with E-state index in [1.165, 1.54) is 12.8 Å². The van der Waals surface area contributed by atoms with Crippen LogP contribution in [0.3, 0.4) is 0 Å². The summed E-state index contributed by atoms with van der Waals surface area (Å²) in [5, 5.41) is 13.5. The molecule has 0 bridgehead atoms. The topological polar surface area (TPSA) is 50.1 Å². The summed E-state index contributed by atoms with van der Waals surface area (Å²) in [6.45, 7) is 5.11. The van der Waals surface area contributed by atoms with E-state index in [0.717, 1.165) is 31.9 Å². The summed E-state index contributed by atoms with van der Waals surface area (Å²) in [7, 11) is 0. The molecule has 4 nitrogen and oxygen atoms in total. The highest BCUT2D eigenvalue weighted by Crippen LogP contribution is 2.25. The molecule has 1 unspecified atom stereocenters. The van der Waals surface area contributed by atoms with Crippen LogP contribution in [0.4, 0.5) is 0 Å².